The fraction of sp³-hybridized carbons (Fsp3) is 0.884. The minimum Gasteiger partial charge on any atom is -0.466 e. The van der Waals surface area contributed by atoms with E-state index in [4.69, 9.17) is 4.74 Å². The van der Waals surface area contributed by atoms with Crippen LogP contribution in [0.4, 0.5) is 0 Å². The van der Waals surface area contributed by atoms with Crippen molar-refractivity contribution in [3.05, 3.63) is 36.5 Å². The van der Waals surface area contributed by atoms with Crippen molar-refractivity contribution in [3.8, 4) is 0 Å². The van der Waals surface area contributed by atoms with Gasteiger partial charge in [-0.05, 0) is 77.0 Å². The topological polar surface area (TPSA) is 95.9 Å². The summed E-state index contributed by atoms with van der Waals surface area (Å²) < 4.78 is 5.46. The summed E-state index contributed by atoms with van der Waals surface area (Å²) in [5, 5.41) is 23.3. The van der Waals surface area contributed by atoms with Crippen LogP contribution in [0.3, 0.4) is 0 Å². The highest BCUT2D eigenvalue weighted by Crippen LogP contribution is 2.18. The molecule has 0 radical (unpaired) electrons. The second-order valence-electron chi connectivity index (χ2n) is 23.1. The van der Waals surface area contributed by atoms with Gasteiger partial charge in [-0.15, -0.1) is 0 Å². The third-order valence-corrected chi connectivity index (χ3v) is 15.7. The van der Waals surface area contributed by atoms with Gasteiger partial charge < -0.3 is 20.3 Å². The molecular weight excluding hydrogens is 923 g/mol. The van der Waals surface area contributed by atoms with Crippen molar-refractivity contribution >= 4 is 11.9 Å². The quantitative estimate of drug-likeness (QED) is 0.0320. The average Bonchev–Trinajstić information content (AvgIpc) is 3.41. The fourth-order valence-corrected chi connectivity index (χ4v) is 10.5. The van der Waals surface area contributed by atoms with E-state index in [1.54, 1.807) is 0 Å². The first-order valence-corrected chi connectivity index (χ1v) is 33.7. The number of nitrogens with one attached hydrogen (secondary N) is 1. The molecule has 0 fully saturated rings. The first kappa shape index (κ1) is 73.1. The molecule has 442 valence electrons. The molecule has 0 aliphatic heterocycles. The van der Waals surface area contributed by atoms with Crippen LogP contribution in [0.25, 0.3) is 0 Å². The van der Waals surface area contributed by atoms with E-state index in [0.717, 1.165) is 51.4 Å². The minimum absolute atomic E-state index is 0.00216. The summed E-state index contributed by atoms with van der Waals surface area (Å²) in [5.41, 5.74) is 0. The summed E-state index contributed by atoms with van der Waals surface area (Å²) in [6.45, 7) is 4.93. The van der Waals surface area contributed by atoms with Crippen LogP contribution in [0.5, 0.6) is 0 Å². The normalized spacial score (nSPS) is 12.7. The summed E-state index contributed by atoms with van der Waals surface area (Å²) in [4.78, 5) is 24.5. The minimum atomic E-state index is -0.664. The van der Waals surface area contributed by atoms with Gasteiger partial charge in [-0.2, -0.15) is 0 Å². The van der Waals surface area contributed by atoms with E-state index in [-0.39, 0.29) is 18.5 Å². The highest BCUT2D eigenvalue weighted by molar-refractivity contribution is 5.76. The number of aliphatic hydroxyl groups is 2. The van der Waals surface area contributed by atoms with Crippen LogP contribution in [0.1, 0.15) is 367 Å². The van der Waals surface area contributed by atoms with Crippen molar-refractivity contribution in [1.82, 2.24) is 5.32 Å². The van der Waals surface area contributed by atoms with Crippen LogP contribution < -0.4 is 5.32 Å². The number of hydrogen-bond donors (Lipinski definition) is 3. The Kier molecular flexibility index (Phi) is 63.0. The molecule has 0 aliphatic carbocycles. The lowest BCUT2D eigenvalue weighted by Crippen LogP contribution is -2.45. The Bertz CT molecular complexity index is 1210. The summed E-state index contributed by atoms with van der Waals surface area (Å²) in [7, 11) is 0. The van der Waals surface area contributed by atoms with Crippen molar-refractivity contribution < 1.29 is 24.5 Å². The predicted molar refractivity (Wildman–Crippen MR) is 329 cm³/mol. The number of rotatable bonds is 63. The SMILES string of the molecule is CCCC/C=C\CCCCCCCC(=O)OCCCCCCCCCCC/C=C\C/C=C\CCCCCCCCCCCCCCCCCC(=O)NC(CO)C(O)CCCCCCCCCCCCCCCCCC. The van der Waals surface area contributed by atoms with Crippen LogP contribution >= 0.6 is 0 Å². The van der Waals surface area contributed by atoms with Crippen molar-refractivity contribution in [2.24, 2.45) is 0 Å². The number of unbranched alkanes of at least 4 members (excludes halogenated alkanes) is 46. The molecule has 2 atom stereocenters. The summed E-state index contributed by atoms with van der Waals surface area (Å²) in [6, 6.07) is -0.541. The number of carbonyl (C=O) groups is 2. The monoisotopic (exact) mass is 1050 g/mol. The van der Waals surface area contributed by atoms with Gasteiger partial charge in [0.25, 0.3) is 0 Å². The zero-order chi connectivity index (χ0) is 54.3. The Morgan fingerprint density at radius 2 is 0.680 bits per heavy atom. The van der Waals surface area contributed by atoms with E-state index in [0.29, 0.717) is 25.9 Å². The summed E-state index contributed by atoms with van der Waals surface area (Å²) >= 11 is 0. The van der Waals surface area contributed by atoms with Gasteiger partial charge in [0.1, 0.15) is 0 Å². The van der Waals surface area contributed by atoms with Crippen LogP contribution in [-0.4, -0.2) is 47.4 Å². The molecule has 0 rings (SSSR count). The van der Waals surface area contributed by atoms with Crippen molar-refractivity contribution in [2.75, 3.05) is 13.2 Å². The third-order valence-electron chi connectivity index (χ3n) is 15.7. The van der Waals surface area contributed by atoms with Crippen LogP contribution in [0, 0.1) is 0 Å². The Balaban J connectivity index is 3.39. The molecule has 2 unspecified atom stereocenters. The van der Waals surface area contributed by atoms with Gasteiger partial charge in [0.05, 0.1) is 25.4 Å². The molecule has 0 aromatic heterocycles. The van der Waals surface area contributed by atoms with Gasteiger partial charge in [-0.25, -0.2) is 0 Å². The second kappa shape index (κ2) is 64.6. The Hall–Kier alpha value is -1.92. The Morgan fingerprint density at radius 1 is 0.373 bits per heavy atom. The molecule has 0 spiro atoms. The number of carbonyl (C=O) groups excluding carboxylic acids is 2. The van der Waals surface area contributed by atoms with E-state index in [1.165, 1.54) is 283 Å². The predicted octanol–water partition coefficient (Wildman–Crippen LogP) is 21.5. The molecule has 6 nitrogen and oxygen atoms in total. The van der Waals surface area contributed by atoms with E-state index < -0.39 is 12.1 Å². The molecule has 0 bridgehead atoms. The fourth-order valence-electron chi connectivity index (χ4n) is 10.5. The number of allylic oxidation sites excluding steroid dienone is 6. The molecule has 3 N–H and O–H groups in total. The standard InChI is InChI=1S/C69H131NO5/c1-3-5-7-9-11-13-15-16-17-35-38-42-45-49-53-57-61-67(72)66(65-71)70-68(73)62-58-54-50-46-43-39-36-33-31-29-27-25-23-21-19-18-20-22-24-26-28-30-32-34-37-40-44-48-52-56-60-64-75-69(74)63-59-55-51-47-41-14-12-10-8-6-4-2/h10,12,20,22,26,28,66-67,71-72H,3-9,11,13-19,21,23-25,27,29-65H2,1-2H3,(H,70,73)/b12-10-,22-20-,28-26-. The van der Waals surface area contributed by atoms with Gasteiger partial charge in [-0.1, -0.05) is 314 Å². The molecule has 75 heavy (non-hydrogen) atoms. The van der Waals surface area contributed by atoms with E-state index in [2.05, 4.69) is 55.6 Å². The number of esters is 1. The van der Waals surface area contributed by atoms with E-state index in [9.17, 15) is 19.8 Å². The van der Waals surface area contributed by atoms with Crippen LogP contribution in [0.2, 0.25) is 0 Å². The zero-order valence-electron chi connectivity index (χ0n) is 50.5. The molecule has 0 aliphatic rings. The van der Waals surface area contributed by atoms with Crippen molar-refractivity contribution in [1.29, 1.82) is 0 Å². The van der Waals surface area contributed by atoms with E-state index >= 15 is 0 Å². The Labute approximate surface area is 468 Å². The van der Waals surface area contributed by atoms with Gasteiger partial charge >= 0.3 is 5.97 Å². The lowest BCUT2D eigenvalue weighted by Gasteiger charge is -2.22. The maximum absolute atomic E-state index is 12.5. The van der Waals surface area contributed by atoms with Gasteiger partial charge in [0.2, 0.25) is 5.91 Å². The van der Waals surface area contributed by atoms with E-state index in [1.807, 2.05) is 0 Å². The maximum atomic E-state index is 12.5. The lowest BCUT2D eigenvalue weighted by atomic mass is 10.0. The highest BCUT2D eigenvalue weighted by atomic mass is 16.5. The second-order valence-corrected chi connectivity index (χ2v) is 23.1. The van der Waals surface area contributed by atoms with Gasteiger partial charge in [-0.3, -0.25) is 9.59 Å². The number of ether oxygens (including phenoxy) is 1. The number of aliphatic hydroxyl groups excluding tert-OH is 2. The molecule has 0 heterocycles. The van der Waals surface area contributed by atoms with Gasteiger partial charge in [0.15, 0.2) is 0 Å². The lowest BCUT2D eigenvalue weighted by molar-refractivity contribution is -0.143. The van der Waals surface area contributed by atoms with Crippen LogP contribution in [-0.2, 0) is 14.3 Å². The average molecular weight is 1050 g/mol. The van der Waals surface area contributed by atoms with Crippen molar-refractivity contribution in [2.45, 2.75) is 379 Å². The highest BCUT2D eigenvalue weighted by Gasteiger charge is 2.20. The molecule has 1 amide bonds. The smallest absolute Gasteiger partial charge is 0.305 e. The van der Waals surface area contributed by atoms with Gasteiger partial charge in [0, 0.05) is 12.8 Å². The number of hydrogen-bond acceptors (Lipinski definition) is 5. The largest absolute Gasteiger partial charge is 0.466 e. The first-order valence-electron chi connectivity index (χ1n) is 33.7. The Morgan fingerprint density at radius 3 is 1.07 bits per heavy atom. The molecule has 0 aromatic rings. The third kappa shape index (κ3) is 61.2. The zero-order valence-corrected chi connectivity index (χ0v) is 50.5. The van der Waals surface area contributed by atoms with Crippen molar-refractivity contribution in [3.63, 3.8) is 0 Å². The molecule has 0 aromatic carbocycles. The molecule has 0 saturated carbocycles. The first-order chi connectivity index (χ1) is 37.0. The maximum Gasteiger partial charge on any atom is 0.305 e. The molecule has 0 saturated heterocycles. The van der Waals surface area contributed by atoms with Crippen LogP contribution in [0.15, 0.2) is 36.5 Å². The summed E-state index contributed by atoms with van der Waals surface area (Å²) in [6.07, 6.45) is 81.8. The number of amides is 1. The molecule has 6 heteroatoms. The molecular formula is C69H131NO5. The summed E-state index contributed by atoms with van der Waals surface area (Å²) in [5.74, 6) is -0.0296.